The van der Waals surface area contributed by atoms with Crippen molar-refractivity contribution >= 4 is 0 Å². The molecule has 0 radical (unpaired) electrons. The van der Waals surface area contributed by atoms with Crippen LogP contribution in [0.1, 0.15) is 26.7 Å². The average molecular weight is 195 g/mol. The van der Waals surface area contributed by atoms with Crippen LogP contribution in [-0.4, -0.2) is 11.0 Å². The second-order valence-corrected chi connectivity index (χ2v) is 4.69. The number of nitrogens with zero attached hydrogens (tertiary/aromatic N) is 1. The zero-order chi connectivity index (χ0) is 10.3. The molecule has 0 aliphatic heterocycles. The van der Waals surface area contributed by atoms with Crippen LogP contribution in [0, 0.1) is 33.8 Å². The first-order chi connectivity index (χ1) is 6.65. The van der Waals surface area contributed by atoms with Gasteiger partial charge in [-0.3, -0.25) is 10.1 Å². The monoisotopic (exact) mass is 195 g/mol. The van der Waals surface area contributed by atoms with Crippen LogP contribution in [0.2, 0.25) is 0 Å². The average Bonchev–Trinajstić information content (AvgIpc) is 2.74. The lowest BCUT2D eigenvalue weighted by Crippen LogP contribution is -2.36. The van der Waals surface area contributed by atoms with Gasteiger partial charge in [-0.2, -0.15) is 0 Å². The Morgan fingerprint density at radius 1 is 1.50 bits per heavy atom. The fraction of sp³-hybridized carbons (Fsp3) is 0.818. The van der Waals surface area contributed by atoms with Gasteiger partial charge in [0, 0.05) is 16.8 Å². The van der Waals surface area contributed by atoms with Crippen LogP contribution >= 0.6 is 0 Å². The molecule has 1 saturated carbocycles. The first kappa shape index (κ1) is 9.69. The number of hydrogen-bond donors (Lipinski definition) is 0. The van der Waals surface area contributed by atoms with E-state index < -0.39 is 0 Å². The summed E-state index contributed by atoms with van der Waals surface area (Å²) < 4.78 is 0. The third-order valence-electron chi connectivity index (χ3n) is 4.02. The van der Waals surface area contributed by atoms with Crippen molar-refractivity contribution in [1.29, 1.82) is 0 Å². The third-order valence-corrected chi connectivity index (χ3v) is 4.02. The van der Waals surface area contributed by atoms with E-state index in [2.05, 4.69) is 26.0 Å². The van der Waals surface area contributed by atoms with E-state index in [1.54, 1.807) is 0 Å². The first-order valence-electron chi connectivity index (χ1n) is 5.47. The molecule has 1 fully saturated rings. The Morgan fingerprint density at radius 2 is 2.14 bits per heavy atom. The lowest BCUT2D eigenvalue weighted by atomic mass is 9.79. The minimum absolute atomic E-state index is 0.0506. The molecule has 3 nitrogen and oxygen atoms in total. The summed E-state index contributed by atoms with van der Waals surface area (Å²) in [7, 11) is 0. The molecule has 0 aromatic carbocycles. The van der Waals surface area contributed by atoms with Gasteiger partial charge in [0.05, 0.1) is 0 Å². The maximum atomic E-state index is 11.0. The summed E-state index contributed by atoms with van der Waals surface area (Å²) in [6, 6.07) is -0.306. The molecule has 0 aromatic rings. The van der Waals surface area contributed by atoms with Gasteiger partial charge in [0.1, 0.15) is 0 Å². The Labute approximate surface area is 84.3 Å². The van der Waals surface area contributed by atoms with Crippen molar-refractivity contribution in [2.75, 3.05) is 0 Å². The Morgan fingerprint density at radius 3 is 2.71 bits per heavy atom. The minimum Gasteiger partial charge on any atom is -0.264 e. The predicted molar refractivity (Wildman–Crippen MR) is 54.5 cm³/mol. The van der Waals surface area contributed by atoms with Gasteiger partial charge in [-0.1, -0.05) is 32.4 Å². The van der Waals surface area contributed by atoms with E-state index in [0.717, 1.165) is 12.8 Å². The number of nitro groups is 1. The highest BCUT2D eigenvalue weighted by molar-refractivity contribution is 5.14. The Hall–Kier alpha value is -0.860. The fourth-order valence-electron chi connectivity index (χ4n) is 3.16. The molecule has 0 N–H and O–H groups in total. The lowest BCUT2D eigenvalue weighted by Gasteiger charge is -2.26. The van der Waals surface area contributed by atoms with Crippen LogP contribution in [0.25, 0.3) is 0 Å². The van der Waals surface area contributed by atoms with E-state index in [9.17, 15) is 10.1 Å². The van der Waals surface area contributed by atoms with Gasteiger partial charge in [0.2, 0.25) is 6.04 Å². The summed E-state index contributed by atoms with van der Waals surface area (Å²) in [6.07, 6.45) is 6.31. The highest BCUT2D eigenvalue weighted by Crippen LogP contribution is 2.48. The zero-order valence-corrected chi connectivity index (χ0v) is 8.72. The summed E-state index contributed by atoms with van der Waals surface area (Å²) >= 11 is 0. The molecule has 0 heterocycles. The molecule has 5 atom stereocenters. The van der Waals surface area contributed by atoms with Crippen LogP contribution in [0.15, 0.2) is 12.2 Å². The van der Waals surface area contributed by atoms with Crippen LogP contribution < -0.4 is 0 Å². The van der Waals surface area contributed by atoms with Crippen LogP contribution in [0.4, 0.5) is 0 Å². The minimum atomic E-state index is -0.306. The molecule has 14 heavy (non-hydrogen) atoms. The maximum absolute atomic E-state index is 11.0. The van der Waals surface area contributed by atoms with Gasteiger partial charge in [-0.15, -0.1) is 0 Å². The molecule has 0 spiro atoms. The van der Waals surface area contributed by atoms with Crippen molar-refractivity contribution in [2.24, 2.45) is 23.7 Å². The van der Waals surface area contributed by atoms with Crippen molar-refractivity contribution in [3.63, 3.8) is 0 Å². The van der Waals surface area contributed by atoms with E-state index in [-0.39, 0.29) is 22.8 Å². The Balaban J connectivity index is 2.22. The number of hydrogen-bond acceptors (Lipinski definition) is 2. The highest BCUT2D eigenvalue weighted by atomic mass is 16.6. The molecule has 78 valence electrons. The fourth-order valence-corrected chi connectivity index (χ4v) is 3.16. The molecule has 2 rings (SSSR count). The number of rotatable bonds is 3. The molecule has 2 aliphatic carbocycles. The standard InChI is InChI=1S/C11H17NO2/c1-3-7(2)10-8-4-5-9(6-8)11(10)12(13)14/h4-5,7-11H,3,6H2,1-2H3/t7?,8-,9+,10?,11+/m0/s1. The molecular formula is C11H17NO2. The molecule has 2 bridgehead atoms. The zero-order valence-electron chi connectivity index (χ0n) is 8.72. The molecular weight excluding hydrogens is 178 g/mol. The molecule has 2 aliphatic rings. The summed E-state index contributed by atoms with van der Waals surface area (Å²) in [5.74, 6) is 1.45. The second-order valence-electron chi connectivity index (χ2n) is 4.69. The van der Waals surface area contributed by atoms with Crippen LogP contribution in [0.5, 0.6) is 0 Å². The number of allylic oxidation sites excluding steroid dienone is 1. The van der Waals surface area contributed by atoms with E-state index in [1.165, 1.54) is 0 Å². The smallest absolute Gasteiger partial charge is 0.222 e. The molecule has 3 heteroatoms. The second kappa shape index (κ2) is 3.37. The molecule has 2 unspecified atom stereocenters. The van der Waals surface area contributed by atoms with Gasteiger partial charge >= 0.3 is 0 Å². The van der Waals surface area contributed by atoms with Crippen LogP contribution in [0.3, 0.4) is 0 Å². The van der Waals surface area contributed by atoms with E-state index in [1.807, 2.05) is 0 Å². The van der Waals surface area contributed by atoms with Crippen molar-refractivity contribution < 1.29 is 4.92 Å². The van der Waals surface area contributed by atoms with E-state index in [4.69, 9.17) is 0 Å². The van der Waals surface area contributed by atoms with Gasteiger partial charge in [0.15, 0.2) is 0 Å². The van der Waals surface area contributed by atoms with Gasteiger partial charge in [-0.25, -0.2) is 0 Å². The SMILES string of the molecule is CCC(C)C1[C@H]2C=C[C@H](C2)[C@H]1[N+](=O)[O-]. The largest absolute Gasteiger partial charge is 0.264 e. The summed E-state index contributed by atoms with van der Waals surface area (Å²) in [5.41, 5.74) is 0. The van der Waals surface area contributed by atoms with E-state index in [0.29, 0.717) is 11.8 Å². The number of fused-ring (bicyclic) bond motifs is 2. The summed E-state index contributed by atoms with van der Waals surface area (Å²) in [6.45, 7) is 4.27. The first-order valence-corrected chi connectivity index (χ1v) is 5.47. The van der Waals surface area contributed by atoms with Crippen molar-refractivity contribution in [3.8, 4) is 0 Å². The highest BCUT2D eigenvalue weighted by Gasteiger charge is 2.53. The molecule has 0 aromatic heterocycles. The summed E-state index contributed by atoms with van der Waals surface area (Å²) in [4.78, 5) is 10.9. The molecule has 0 amide bonds. The summed E-state index contributed by atoms with van der Waals surface area (Å²) in [5, 5.41) is 11.0. The predicted octanol–water partition coefficient (Wildman–Crippen LogP) is 2.50. The third kappa shape index (κ3) is 1.26. The van der Waals surface area contributed by atoms with Crippen molar-refractivity contribution in [3.05, 3.63) is 22.3 Å². The van der Waals surface area contributed by atoms with Crippen LogP contribution in [-0.2, 0) is 0 Å². The maximum Gasteiger partial charge on any atom is 0.222 e. The lowest BCUT2D eigenvalue weighted by molar-refractivity contribution is -0.537. The Bertz CT molecular complexity index is 274. The van der Waals surface area contributed by atoms with Gasteiger partial charge in [-0.05, 0) is 18.3 Å². The van der Waals surface area contributed by atoms with Gasteiger partial charge < -0.3 is 0 Å². The van der Waals surface area contributed by atoms with Crippen molar-refractivity contribution in [1.82, 2.24) is 0 Å². The molecule has 0 saturated heterocycles. The normalized spacial score (nSPS) is 41.6. The van der Waals surface area contributed by atoms with E-state index >= 15 is 0 Å². The van der Waals surface area contributed by atoms with Crippen molar-refractivity contribution in [2.45, 2.75) is 32.7 Å². The Kier molecular flexibility index (Phi) is 2.33. The van der Waals surface area contributed by atoms with Gasteiger partial charge in [0.25, 0.3) is 0 Å². The topological polar surface area (TPSA) is 43.1 Å². The quantitative estimate of drug-likeness (QED) is 0.394.